The molecule has 1 aliphatic carbocycles. The summed E-state index contributed by atoms with van der Waals surface area (Å²) >= 11 is 0. The van der Waals surface area contributed by atoms with Crippen molar-refractivity contribution in [3.63, 3.8) is 0 Å². The molecular formula is C18H19NO3. The maximum Gasteiger partial charge on any atom is 0.261 e. The van der Waals surface area contributed by atoms with Crippen molar-refractivity contribution < 1.29 is 14.6 Å². The maximum atomic E-state index is 12.4. The van der Waals surface area contributed by atoms with Gasteiger partial charge < -0.3 is 14.7 Å². The minimum Gasteiger partial charge on any atom is -0.504 e. The van der Waals surface area contributed by atoms with Crippen LogP contribution in [-0.2, 0) is 11.3 Å². The predicted octanol–water partition coefficient (Wildman–Crippen LogP) is 2.96. The van der Waals surface area contributed by atoms with Gasteiger partial charge in [-0.3, -0.25) is 4.79 Å². The first-order valence-electron chi connectivity index (χ1n) is 7.48. The van der Waals surface area contributed by atoms with Crippen LogP contribution in [0.15, 0.2) is 54.6 Å². The van der Waals surface area contributed by atoms with Gasteiger partial charge in [0, 0.05) is 12.6 Å². The van der Waals surface area contributed by atoms with Gasteiger partial charge in [-0.2, -0.15) is 0 Å². The van der Waals surface area contributed by atoms with Crippen LogP contribution < -0.4 is 4.74 Å². The molecule has 3 rings (SSSR count). The van der Waals surface area contributed by atoms with E-state index in [0.29, 0.717) is 18.3 Å². The van der Waals surface area contributed by atoms with Gasteiger partial charge in [0.05, 0.1) is 0 Å². The first kappa shape index (κ1) is 14.4. The zero-order valence-electron chi connectivity index (χ0n) is 12.3. The van der Waals surface area contributed by atoms with Crippen molar-refractivity contribution in [2.24, 2.45) is 0 Å². The lowest BCUT2D eigenvalue weighted by molar-refractivity contribution is -0.134. The number of nitrogens with zero attached hydrogens (tertiary/aromatic N) is 1. The lowest BCUT2D eigenvalue weighted by atomic mass is 10.2. The molecule has 114 valence electrons. The number of hydrogen-bond donors (Lipinski definition) is 1. The standard InChI is InChI=1S/C18H19NO3/c20-16-8-4-5-9-17(16)22-13-18(21)19(15-10-11-15)12-14-6-2-1-3-7-14/h1-9,15,20H,10-13H2. The number of carbonyl (C=O) groups excluding carboxylic acids is 1. The lowest BCUT2D eigenvalue weighted by Crippen LogP contribution is -2.36. The van der Waals surface area contributed by atoms with E-state index in [1.165, 1.54) is 0 Å². The van der Waals surface area contributed by atoms with Crippen molar-refractivity contribution in [3.05, 3.63) is 60.2 Å². The molecular weight excluding hydrogens is 278 g/mol. The van der Waals surface area contributed by atoms with E-state index in [1.807, 2.05) is 35.2 Å². The summed E-state index contributed by atoms with van der Waals surface area (Å²) in [6.07, 6.45) is 2.10. The molecule has 2 aromatic carbocycles. The first-order chi connectivity index (χ1) is 10.7. The molecule has 1 saturated carbocycles. The van der Waals surface area contributed by atoms with Gasteiger partial charge in [0.15, 0.2) is 18.1 Å². The minimum atomic E-state index is -0.0547. The number of benzene rings is 2. The molecule has 0 saturated heterocycles. The Hall–Kier alpha value is -2.49. The monoisotopic (exact) mass is 297 g/mol. The molecule has 0 atom stereocenters. The minimum absolute atomic E-state index is 0.0467. The summed E-state index contributed by atoms with van der Waals surface area (Å²) in [5.74, 6) is 0.345. The summed E-state index contributed by atoms with van der Waals surface area (Å²) < 4.78 is 5.45. The summed E-state index contributed by atoms with van der Waals surface area (Å²) in [6, 6.07) is 17.0. The highest BCUT2D eigenvalue weighted by atomic mass is 16.5. The number of ether oxygens (including phenoxy) is 1. The van der Waals surface area contributed by atoms with Crippen molar-refractivity contribution in [2.75, 3.05) is 6.61 Å². The van der Waals surface area contributed by atoms with Gasteiger partial charge in [-0.05, 0) is 30.5 Å². The normalized spacial score (nSPS) is 13.6. The molecule has 0 spiro atoms. The Kier molecular flexibility index (Phi) is 4.28. The Labute approximate surface area is 130 Å². The van der Waals surface area contributed by atoms with Gasteiger partial charge in [-0.15, -0.1) is 0 Å². The quantitative estimate of drug-likeness (QED) is 0.892. The Balaban J connectivity index is 1.62. The average molecular weight is 297 g/mol. The topological polar surface area (TPSA) is 49.8 Å². The zero-order chi connectivity index (χ0) is 15.4. The molecule has 1 aliphatic rings. The number of aromatic hydroxyl groups is 1. The van der Waals surface area contributed by atoms with Gasteiger partial charge in [0.1, 0.15) is 0 Å². The summed E-state index contributed by atoms with van der Waals surface area (Å²) in [5, 5.41) is 9.67. The first-order valence-corrected chi connectivity index (χ1v) is 7.48. The van der Waals surface area contributed by atoms with Gasteiger partial charge in [0.2, 0.25) is 0 Å². The second-order valence-corrected chi connectivity index (χ2v) is 5.49. The van der Waals surface area contributed by atoms with E-state index in [9.17, 15) is 9.90 Å². The summed E-state index contributed by atoms with van der Waals surface area (Å²) in [7, 11) is 0. The van der Waals surface area contributed by atoms with Crippen LogP contribution in [0.2, 0.25) is 0 Å². The lowest BCUT2D eigenvalue weighted by Gasteiger charge is -2.22. The van der Waals surface area contributed by atoms with Gasteiger partial charge >= 0.3 is 0 Å². The van der Waals surface area contributed by atoms with E-state index in [0.717, 1.165) is 18.4 Å². The second-order valence-electron chi connectivity index (χ2n) is 5.49. The number of phenols is 1. The van der Waals surface area contributed by atoms with Crippen LogP contribution in [0, 0.1) is 0 Å². The predicted molar refractivity (Wildman–Crippen MR) is 83.6 cm³/mol. The SMILES string of the molecule is O=C(COc1ccccc1O)N(Cc1ccccc1)C1CC1. The molecule has 4 nitrogen and oxygen atoms in total. The molecule has 1 fully saturated rings. The molecule has 4 heteroatoms. The summed E-state index contributed by atoms with van der Waals surface area (Å²) in [6.45, 7) is 0.551. The highest BCUT2D eigenvalue weighted by Gasteiger charge is 2.32. The summed E-state index contributed by atoms with van der Waals surface area (Å²) in [5.41, 5.74) is 1.12. The van der Waals surface area contributed by atoms with Crippen molar-refractivity contribution in [2.45, 2.75) is 25.4 Å². The van der Waals surface area contributed by atoms with Crippen LogP contribution in [0.25, 0.3) is 0 Å². The van der Waals surface area contributed by atoms with E-state index < -0.39 is 0 Å². The average Bonchev–Trinajstić information content (AvgIpc) is 3.37. The van der Waals surface area contributed by atoms with Crippen LogP contribution in [0.4, 0.5) is 0 Å². The van der Waals surface area contributed by atoms with Crippen LogP contribution in [0.3, 0.4) is 0 Å². The third kappa shape index (κ3) is 3.58. The van der Waals surface area contributed by atoms with Crippen molar-refractivity contribution in [1.82, 2.24) is 4.90 Å². The van der Waals surface area contributed by atoms with Crippen LogP contribution in [0.5, 0.6) is 11.5 Å². The Morgan fingerprint density at radius 3 is 2.45 bits per heavy atom. The number of phenolic OH excluding ortho intramolecular Hbond substituents is 1. The van der Waals surface area contributed by atoms with E-state index in [2.05, 4.69) is 0 Å². The smallest absolute Gasteiger partial charge is 0.261 e. The van der Waals surface area contributed by atoms with Crippen LogP contribution in [0.1, 0.15) is 18.4 Å². The molecule has 22 heavy (non-hydrogen) atoms. The van der Waals surface area contributed by atoms with Crippen molar-refractivity contribution in [3.8, 4) is 11.5 Å². The number of para-hydroxylation sites is 2. The van der Waals surface area contributed by atoms with E-state index >= 15 is 0 Å². The van der Waals surface area contributed by atoms with Crippen molar-refractivity contribution in [1.29, 1.82) is 0 Å². The fourth-order valence-corrected chi connectivity index (χ4v) is 2.39. The molecule has 0 aromatic heterocycles. The fourth-order valence-electron chi connectivity index (χ4n) is 2.39. The van der Waals surface area contributed by atoms with E-state index in [1.54, 1.807) is 24.3 Å². The molecule has 1 amide bonds. The highest BCUT2D eigenvalue weighted by molar-refractivity contribution is 5.78. The summed E-state index contributed by atoms with van der Waals surface area (Å²) in [4.78, 5) is 14.3. The highest BCUT2D eigenvalue weighted by Crippen LogP contribution is 2.29. The molecule has 0 heterocycles. The Bertz CT molecular complexity index is 638. The number of hydrogen-bond acceptors (Lipinski definition) is 3. The van der Waals surface area contributed by atoms with Crippen LogP contribution >= 0.6 is 0 Å². The molecule has 0 unspecified atom stereocenters. The number of amides is 1. The number of carbonyl (C=O) groups is 1. The van der Waals surface area contributed by atoms with E-state index in [-0.39, 0.29) is 18.3 Å². The molecule has 0 radical (unpaired) electrons. The molecule has 2 aromatic rings. The largest absolute Gasteiger partial charge is 0.504 e. The second kappa shape index (κ2) is 6.52. The third-order valence-corrected chi connectivity index (χ3v) is 3.72. The molecule has 1 N–H and O–H groups in total. The maximum absolute atomic E-state index is 12.4. The molecule has 0 aliphatic heterocycles. The van der Waals surface area contributed by atoms with Crippen molar-refractivity contribution >= 4 is 5.91 Å². The Morgan fingerprint density at radius 2 is 1.77 bits per heavy atom. The van der Waals surface area contributed by atoms with Gasteiger partial charge in [-0.25, -0.2) is 0 Å². The third-order valence-electron chi connectivity index (χ3n) is 3.72. The van der Waals surface area contributed by atoms with E-state index in [4.69, 9.17) is 4.74 Å². The van der Waals surface area contributed by atoms with Gasteiger partial charge in [-0.1, -0.05) is 42.5 Å². The Morgan fingerprint density at radius 1 is 1.09 bits per heavy atom. The van der Waals surface area contributed by atoms with Gasteiger partial charge in [0.25, 0.3) is 5.91 Å². The fraction of sp³-hybridized carbons (Fsp3) is 0.278. The zero-order valence-corrected chi connectivity index (χ0v) is 12.3. The number of rotatable bonds is 6. The van der Waals surface area contributed by atoms with Crippen LogP contribution in [-0.4, -0.2) is 28.6 Å². The molecule has 0 bridgehead atoms.